The van der Waals surface area contributed by atoms with Crippen molar-refractivity contribution in [3.8, 4) is 11.1 Å². The fourth-order valence-corrected chi connectivity index (χ4v) is 4.61. The number of benzene rings is 1. The molecule has 0 bridgehead atoms. The largest absolute Gasteiger partial charge is 0.379 e. The Labute approximate surface area is 178 Å². The summed E-state index contributed by atoms with van der Waals surface area (Å²) >= 11 is 1.65. The summed E-state index contributed by atoms with van der Waals surface area (Å²) < 4.78 is 5.47. The summed E-state index contributed by atoms with van der Waals surface area (Å²) in [5.74, 6) is 2.42. The lowest BCUT2D eigenvalue weighted by atomic mass is 10.1. The third-order valence-electron chi connectivity index (χ3n) is 5.23. The van der Waals surface area contributed by atoms with Crippen LogP contribution in [0.3, 0.4) is 0 Å². The van der Waals surface area contributed by atoms with Gasteiger partial charge in [-0.25, -0.2) is 15.0 Å². The van der Waals surface area contributed by atoms with Crippen molar-refractivity contribution in [2.24, 2.45) is 0 Å². The number of ether oxygens (including phenoxy) is 1. The quantitative estimate of drug-likeness (QED) is 0.492. The average Bonchev–Trinajstić information content (AvgIpc) is 3.46. The molecule has 1 saturated heterocycles. The van der Waals surface area contributed by atoms with E-state index in [4.69, 9.17) is 14.7 Å². The number of aromatic nitrogens is 5. The number of hydrogen-bond acceptors (Lipinski definition) is 8. The number of rotatable bonds is 6. The Hall–Kier alpha value is -2.88. The van der Waals surface area contributed by atoms with Crippen LogP contribution in [0.4, 0.5) is 5.82 Å². The van der Waals surface area contributed by atoms with Crippen molar-refractivity contribution < 1.29 is 4.74 Å². The van der Waals surface area contributed by atoms with Crippen molar-refractivity contribution >= 4 is 27.4 Å². The molecule has 0 spiro atoms. The van der Waals surface area contributed by atoms with E-state index in [9.17, 15) is 0 Å². The van der Waals surface area contributed by atoms with E-state index < -0.39 is 0 Å². The van der Waals surface area contributed by atoms with E-state index in [1.54, 1.807) is 11.3 Å². The van der Waals surface area contributed by atoms with Gasteiger partial charge in [0.15, 0.2) is 0 Å². The molecule has 4 heterocycles. The first-order chi connectivity index (χ1) is 14.8. The molecule has 3 aromatic heterocycles. The van der Waals surface area contributed by atoms with Crippen LogP contribution in [-0.4, -0.2) is 56.4 Å². The first kappa shape index (κ1) is 19.1. The number of nitrogens with one attached hydrogen (secondary N) is 2. The van der Waals surface area contributed by atoms with Crippen molar-refractivity contribution in [3.63, 3.8) is 0 Å². The van der Waals surface area contributed by atoms with Crippen molar-refractivity contribution in [1.82, 2.24) is 30.0 Å². The minimum atomic E-state index is -0.0645. The molecule has 0 aliphatic carbocycles. The number of aromatic amines is 1. The maximum absolute atomic E-state index is 5.47. The molecule has 0 radical (unpaired) electrons. The summed E-state index contributed by atoms with van der Waals surface area (Å²) in [6.45, 7) is 6.07. The highest BCUT2D eigenvalue weighted by Crippen LogP contribution is 2.38. The molecule has 2 N–H and O–H groups in total. The molecule has 154 valence electrons. The van der Waals surface area contributed by atoms with Crippen molar-refractivity contribution in [2.45, 2.75) is 19.5 Å². The molecular weight excluding hydrogens is 398 g/mol. The Balaban J connectivity index is 1.55. The molecule has 1 aromatic carbocycles. The molecular formula is C21H23N7OS. The maximum Gasteiger partial charge on any atom is 0.146 e. The molecule has 30 heavy (non-hydrogen) atoms. The first-order valence-corrected chi connectivity index (χ1v) is 10.9. The molecule has 9 heteroatoms. The predicted octanol–water partition coefficient (Wildman–Crippen LogP) is 3.48. The van der Waals surface area contributed by atoms with Gasteiger partial charge in [-0.15, -0.1) is 11.3 Å². The number of nitrogens with zero attached hydrogens (tertiary/aromatic N) is 5. The standard InChI is InChI=1S/C21H23N7OS/c1-14(19-22-13-23-27-19)24-20-18-16(15-5-3-2-4-6-15)12-30-21(18)26-17(25-20)11-28-7-9-29-10-8-28/h2-6,12-14H,7-11H2,1H3,(H,22,23,27)(H,24,25,26). The molecule has 0 saturated carbocycles. The van der Waals surface area contributed by atoms with Crippen LogP contribution >= 0.6 is 11.3 Å². The Bertz CT molecular complexity index is 1110. The zero-order valence-corrected chi connectivity index (χ0v) is 17.5. The maximum atomic E-state index is 5.47. The van der Waals surface area contributed by atoms with E-state index in [0.29, 0.717) is 6.54 Å². The predicted molar refractivity (Wildman–Crippen MR) is 117 cm³/mol. The third-order valence-corrected chi connectivity index (χ3v) is 6.10. The number of morpholine rings is 1. The van der Waals surface area contributed by atoms with Crippen LogP contribution in [-0.2, 0) is 11.3 Å². The second-order valence-corrected chi connectivity index (χ2v) is 8.17. The molecule has 8 nitrogen and oxygen atoms in total. The zero-order valence-electron chi connectivity index (χ0n) is 16.7. The number of anilines is 1. The van der Waals surface area contributed by atoms with E-state index in [1.165, 1.54) is 6.33 Å². The van der Waals surface area contributed by atoms with Gasteiger partial charge in [-0.1, -0.05) is 30.3 Å². The Morgan fingerprint density at radius 2 is 2.03 bits per heavy atom. The van der Waals surface area contributed by atoms with Crippen LogP contribution in [0.15, 0.2) is 42.0 Å². The minimum absolute atomic E-state index is 0.0645. The third kappa shape index (κ3) is 3.91. The monoisotopic (exact) mass is 421 g/mol. The lowest BCUT2D eigenvalue weighted by Crippen LogP contribution is -2.36. The average molecular weight is 422 g/mol. The first-order valence-electron chi connectivity index (χ1n) is 10.0. The van der Waals surface area contributed by atoms with Crippen LogP contribution in [0.2, 0.25) is 0 Å². The minimum Gasteiger partial charge on any atom is -0.379 e. The van der Waals surface area contributed by atoms with Gasteiger partial charge < -0.3 is 10.1 Å². The highest BCUT2D eigenvalue weighted by molar-refractivity contribution is 7.17. The van der Waals surface area contributed by atoms with Crippen molar-refractivity contribution in [3.05, 3.63) is 53.7 Å². The molecule has 4 aromatic rings. The van der Waals surface area contributed by atoms with Gasteiger partial charge in [0.05, 0.1) is 31.2 Å². The van der Waals surface area contributed by atoms with Crippen molar-refractivity contribution in [1.29, 1.82) is 0 Å². The summed E-state index contributed by atoms with van der Waals surface area (Å²) in [6, 6.07) is 10.3. The molecule has 1 aliphatic rings. The van der Waals surface area contributed by atoms with Crippen LogP contribution in [0.5, 0.6) is 0 Å². The zero-order chi connectivity index (χ0) is 20.3. The SMILES string of the molecule is CC(Nc1nc(CN2CCOCC2)nc2scc(-c3ccccc3)c12)c1ncn[nH]1. The molecule has 1 aliphatic heterocycles. The Morgan fingerprint density at radius 3 is 2.80 bits per heavy atom. The number of hydrogen-bond donors (Lipinski definition) is 2. The number of H-pyrrole nitrogens is 1. The fourth-order valence-electron chi connectivity index (χ4n) is 3.65. The molecule has 0 amide bonds. The summed E-state index contributed by atoms with van der Waals surface area (Å²) in [5.41, 5.74) is 2.30. The van der Waals surface area contributed by atoms with Gasteiger partial charge >= 0.3 is 0 Å². The van der Waals surface area contributed by atoms with Crippen LogP contribution in [0.1, 0.15) is 24.6 Å². The topological polar surface area (TPSA) is 91.8 Å². The van der Waals surface area contributed by atoms with Crippen LogP contribution in [0.25, 0.3) is 21.3 Å². The highest BCUT2D eigenvalue weighted by Gasteiger charge is 2.20. The van der Waals surface area contributed by atoms with Gasteiger partial charge in [0.25, 0.3) is 0 Å². The lowest BCUT2D eigenvalue weighted by Gasteiger charge is -2.26. The van der Waals surface area contributed by atoms with Crippen molar-refractivity contribution in [2.75, 3.05) is 31.6 Å². The van der Waals surface area contributed by atoms with Gasteiger partial charge in [0.1, 0.15) is 28.6 Å². The summed E-state index contributed by atoms with van der Waals surface area (Å²) in [6.07, 6.45) is 1.52. The molecule has 1 atom stereocenters. The summed E-state index contributed by atoms with van der Waals surface area (Å²) in [7, 11) is 0. The number of fused-ring (bicyclic) bond motifs is 1. The second kappa shape index (κ2) is 8.47. The van der Waals surface area contributed by atoms with Gasteiger partial charge in [-0.3, -0.25) is 10.00 Å². The van der Waals surface area contributed by atoms with Crippen LogP contribution in [0, 0.1) is 0 Å². The Morgan fingerprint density at radius 1 is 1.20 bits per heavy atom. The van der Waals surface area contributed by atoms with E-state index >= 15 is 0 Å². The molecule has 1 unspecified atom stereocenters. The van der Waals surface area contributed by atoms with Gasteiger partial charge in [0, 0.05) is 24.0 Å². The van der Waals surface area contributed by atoms with E-state index in [1.807, 2.05) is 13.0 Å². The highest BCUT2D eigenvalue weighted by atomic mass is 32.1. The van der Waals surface area contributed by atoms with E-state index in [0.717, 1.165) is 65.1 Å². The van der Waals surface area contributed by atoms with E-state index in [2.05, 4.69) is 55.0 Å². The Kier molecular flexibility index (Phi) is 5.39. The van der Waals surface area contributed by atoms with E-state index in [-0.39, 0.29) is 6.04 Å². The lowest BCUT2D eigenvalue weighted by molar-refractivity contribution is 0.0331. The second-order valence-electron chi connectivity index (χ2n) is 7.31. The van der Waals surface area contributed by atoms with Gasteiger partial charge in [-0.2, -0.15) is 5.10 Å². The summed E-state index contributed by atoms with van der Waals surface area (Å²) in [5, 5.41) is 13.7. The van der Waals surface area contributed by atoms with Crippen LogP contribution < -0.4 is 5.32 Å². The van der Waals surface area contributed by atoms with Gasteiger partial charge in [0.2, 0.25) is 0 Å². The normalized spacial score (nSPS) is 16.0. The fraction of sp³-hybridized carbons (Fsp3) is 0.333. The molecule has 1 fully saturated rings. The number of thiophene rings is 1. The van der Waals surface area contributed by atoms with Gasteiger partial charge in [-0.05, 0) is 12.5 Å². The smallest absolute Gasteiger partial charge is 0.146 e. The molecule has 5 rings (SSSR count). The summed E-state index contributed by atoms with van der Waals surface area (Å²) in [4.78, 5) is 17.4.